The molecule has 1 aliphatic heterocycles. The maximum Gasteiger partial charge on any atom is 0.242 e. The smallest absolute Gasteiger partial charge is 0.242 e. The fourth-order valence-electron chi connectivity index (χ4n) is 2.76. The molecule has 0 atom stereocenters. The average molecular weight is 317 g/mol. The van der Waals surface area contributed by atoms with Gasteiger partial charge in [-0.05, 0) is 41.8 Å². The quantitative estimate of drug-likeness (QED) is 0.941. The van der Waals surface area contributed by atoms with Gasteiger partial charge in [-0.1, -0.05) is 36.4 Å². The zero-order valence-corrected chi connectivity index (χ0v) is 13.4. The summed E-state index contributed by atoms with van der Waals surface area (Å²) in [5.41, 5.74) is 4.00. The van der Waals surface area contributed by atoms with Crippen LogP contribution in [0.1, 0.15) is 17.5 Å². The Labute approximate surface area is 142 Å². The highest BCUT2D eigenvalue weighted by atomic mass is 16.2. The second-order valence-electron chi connectivity index (χ2n) is 5.73. The van der Waals surface area contributed by atoms with Crippen molar-refractivity contribution in [3.05, 3.63) is 71.8 Å². The van der Waals surface area contributed by atoms with Gasteiger partial charge < -0.3 is 10.2 Å². The van der Waals surface area contributed by atoms with Gasteiger partial charge in [-0.15, -0.1) is 0 Å². The Balaban J connectivity index is 1.53. The summed E-state index contributed by atoms with van der Waals surface area (Å²) in [6, 6.07) is 19.5. The minimum Gasteiger partial charge on any atom is -0.376 e. The van der Waals surface area contributed by atoms with Crippen LogP contribution in [-0.2, 0) is 4.79 Å². The van der Waals surface area contributed by atoms with Gasteiger partial charge in [0.05, 0.1) is 18.2 Å². The Morgan fingerprint density at radius 3 is 2.50 bits per heavy atom. The Morgan fingerprint density at radius 1 is 1.12 bits per heavy atom. The van der Waals surface area contributed by atoms with Crippen molar-refractivity contribution in [3.8, 4) is 6.07 Å². The maximum absolute atomic E-state index is 12.3. The number of nitrogens with one attached hydrogen (secondary N) is 1. The standard InChI is InChI=1S/C20H19N3O/c21-14-16-6-8-19(9-7-16)22-15-20(24)23-12-10-18(11-13-23)17-4-2-1-3-5-17/h1-10,22H,11-13,15H2. The lowest BCUT2D eigenvalue weighted by Crippen LogP contribution is -2.38. The number of benzene rings is 2. The number of hydrogen-bond donors (Lipinski definition) is 1. The van der Waals surface area contributed by atoms with Crippen LogP contribution in [0.2, 0.25) is 0 Å². The van der Waals surface area contributed by atoms with E-state index in [1.54, 1.807) is 12.1 Å². The second-order valence-corrected chi connectivity index (χ2v) is 5.73. The lowest BCUT2D eigenvalue weighted by molar-refractivity contribution is -0.128. The van der Waals surface area contributed by atoms with Crippen LogP contribution in [0.5, 0.6) is 0 Å². The normalized spacial score (nSPS) is 13.8. The van der Waals surface area contributed by atoms with E-state index in [0.29, 0.717) is 12.1 Å². The summed E-state index contributed by atoms with van der Waals surface area (Å²) in [5, 5.41) is 11.9. The molecule has 1 heterocycles. The van der Waals surface area contributed by atoms with Crippen molar-refractivity contribution < 1.29 is 4.79 Å². The Kier molecular flexibility index (Phi) is 4.93. The van der Waals surface area contributed by atoms with Crippen molar-refractivity contribution in [3.63, 3.8) is 0 Å². The third-order valence-electron chi connectivity index (χ3n) is 4.16. The average Bonchev–Trinajstić information content (AvgIpc) is 2.67. The van der Waals surface area contributed by atoms with E-state index in [1.807, 2.05) is 35.2 Å². The van der Waals surface area contributed by atoms with Crippen molar-refractivity contribution in [1.29, 1.82) is 5.26 Å². The van der Waals surface area contributed by atoms with Crippen molar-refractivity contribution >= 4 is 17.2 Å². The molecule has 4 heteroatoms. The Bertz CT molecular complexity index is 773. The predicted octanol–water partition coefficient (Wildman–Crippen LogP) is 3.29. The molecule has 4 nitrogen and oxygen atoms in total. The predicted molar refractivity (Wildman–Crippen MR) is 95.3 cm³/mol. The summed E-state index contributed by atoms with van der Waals surface area (Å²) in [6.45, 7) is 1.66. The molecule has 1 amide bonds. The van der Waals surface area contributed by atoms with Crippen molar-refractivity contribution in [2.75, 3.05) is 25.0 Å². The zero-order chi connectivity index (χ0) is 16.8. The van der Waals surface area contributed by atoms with Gasteiger partial charge >= 0.3 is 0 Å². The number of hydrogen-bond acceptors (Lipinski definition) is 3. The van der Waals surface area contributed by atoms with Crippen LogP contribution in [0.3, 0.4) is 0 Å². The topological polar surface area (TPSA) is 56.1 Å². The molecule has 1 N–H and O–H groups in total. The molecule has 2 aromatic rings. The highest BCUT2D eigenvalue weighted by Gasteiger charge is 2.17. The van der Waals surface area contributed by atoms with E-state index in [-0.39, 0.29) is 12.5 Å². The van der Waals surface area contributed by atoms with Crippen LogP contribution < -0.4 is 5.32 Å². The van der Waals surface area contributed by atoms with Gasteiger partial charge in [0.15, 0.2) is 0 Å². The van der Waals surface area contributed by atoms with Gasteiger partial charge in [0.1, 0.15) is 0 Å². The molecular weight excluding hydrogens is 298 g/mol. The fraction of sp³-hybridized carbons (Fsp3) is 0.200. The van der Waals surface area contributed by atoms with Crippen LogP contribution in [0, 0.1) is 11.3 Å². The number of anilines is 1. The molecule has 24 heavy (non-hydrogen) atoms. The number of carbonyl (C=O) groups is 1. The summed E-state index contributed by atoms with van der Waals surface area (Å²) in [7, 11) is 0. The fourth-order valence-corrected chi connectivity index (χ4v) is 2.76. The van der Waals surface area contributed by atoms with Gasteiger partial charge in [0.2, 0.25) is 5.91 Å². The van der Waals surface area contributed by atoms with Crippen molar-refractivity contribution in [2.45, 2.75) is 6.42 Å². The van der Waals surface area contributed by atoms with Crippen LogP contribution >= 0.6 is 0 Å². The van der Waals surface area contributed by atoms with Crippen LogP contribution in [-0.4, -0.2) is 30.4 Å². The van der Waals surface area contributed by atoms with Gasteiger partial charge in [0, 0.05) is 18.8 Å². The molecule has 0 aromatic heterocycles. The molecular formula is C20H19N3O. The third kappa shape index (κ3) is 3.82. The van der Waals surface area contributed by atoms with Crippen LogP contribution in [0.15, 0.2) is 60.7 Å². The van der Waals surface area contributed by atoms with E-state index in [1.165, 1.54) is 11.1 Å². The first-order chi connectivity index (χ1) is 11.8. The van der Waals surface area contributed by atoms with E-state index in [2.05, 4.69) is 29.6 Å². The molecule has 0 unspecified atom stereocenters. The summed E-state index contributed by atoms with van der Waals surface area (Å²) < 4.78 is 0. The van der Waals surface area contributed by atoms with Gasteiger partial charge in [-0.2, -0.15) is 5.26 Å². The summed E-state index contributed by atoms with van der Waals surface area (Å²) in [6.07, 6.45) is 3.02. The van der Waals surface area contributed by atoms with E-state index in [0.717, 1.165) is 18.7 Å². The van der Waals surface area contributed by atoms with E-state index in [9.17, 15) is 4.79 Å². The first kappa shape index (κ1) is 15.8. The second kappa shape index (κ2) is 7.47. The Hall–Kier alpha value is -3.06. The van der Waals surface area contributed by atoms with Crippen LogP contribution in [0.4, 0.5) is 5.69 Å². The highest BCUT2D eigenvalue weighted by molar-refractivity contribution is 5.82. The largest absolute Gasteiger partial charge is 0.376 e. The molecule has 0 spiro atoms. The van der Waals surface area contributed by atoms with Gasteiger partial charge in [-0.25, -0.2) is 0 Å². The first-order valence-electron chi connectivity index (χ1n) is 8.02. The summed E-state index contributed by atoms with van der Waals surface area (Å²) in [4.78, 5) is 14.2. The molecule has 0 radical (unpaired) electrons. The minimum absolute atomic E-state index is 0.0859. The minimum atomic E-state index is 0.0859. The lowest BCUT2D eigenvalue weighted by Gasteiger charge is -2.27. The van der Waals surface area contributed by atoms with Crippen LogP contribution in [0.25, 0.3) is 5.57 Å². The molecule has 2 aromatic carbocycles. The molecule has 0 fully saturated rings. The highest BCUT2D eigenvalue weighted by Crippen LogP contribution is 2.22. The molecule has 1 aliphatic rings. The molecule has 0 bridgehead atoms. The summed E-state index contributed by atoms with van der Waals surface area (Å²) >= 11 is 0. The lowest BCUT2D eigenvalue weighted by atomic mass is 9.99. The molecule has 0 saturated heterocycles. The number of nitriles is 1. The third-order valence-corrected chi connectivity index (χ3v) is 4.16. The van der Waals surface area contributed by atoms with Crippen molar-refractivity contribution in [1.82, 2.24) is 4.90 Å². The SMILES string of the molecule is N#Cc1ccc(NCC(=O)N2CC=C(c3ccccc3)CC2)cc1. The Morgan fingerprint density at radius 2 is 1.88 bits per heavy atom. The maximum atomic E-state index is 12.3. The number of nitrogens with zero attached hydrogens (tertiary/aromatic N) is 2. The van der Waals surface area contributed by atoms with E-state index < -0.39 is 0 Å². The molecule has 0 aliphatic carbocycles. The first-order valence-corrected chi connectivity index (χ1v) is 8.02. The van der Waals surface area contributed by atoms with Gasteiger partial charge in [0.25, 0.3) is 0 Å². The number of amides is 1. The van der Waals surface area contributed by atoms with E-state index >= 15 is 0 Å². The zero-order valence-electron chi connectivity index (χ0n) is 13.4. The van der Waals surface area contributed by atoms with E-state index in [4.69, 9.17) is 5.26 Å². The number of rotatable bonds is 4. The molecule has 120 valence electrons. The van der Waals surface area contributed by atoms with Crippen molar-refractivity contribution in [2.24, 2.45) is 0 Å². The number of carbonyl (C=O) groups excluding carboxylic acids is 1. The molecule has 0 saturated carbocycles. The summed E-state index contributed by atoms with van der Waals surface area (Å²) in [5.74, 6) is 0.0859. The van der Waals surface area contributed by atoms with Gasteiger partial charge in [-0.3, -0.25) is 4.79 Å². The monoisotopic (exact) mass is 317 g/mol. The molecule has 3 rings (SSSR count).